The molecule has 1 fully saturated rings. The van der Waals surface area contributed by atoms with E-state index in [0.29, 0.717) is 13.1 Å². The molecule has 0 aromatic heterocycles. The smallest absolute Gasteiger partial charge is 0.338 e. The molecule has 1 heterocycles. The maximum Gasteiger partial charge on any atom is 0.338 e. The molecule has 10 nitrogen and oxygen atoms in total. The quantitative estimate of drug-likeness (QED) is 0.380. The van der Waals surface area contributed by atoms with Crippen molar-refractivity contribution >= 4 is 33.3 Å². The molecule has 0 bridgehead atoms. The molecule has 170 valence electrons. The van der Waals surface area contributed by atoms with E-state index in [2.05, 4.69) is 5.32 Å². The largest absolute Gasteiger partial charge is 0.449 e. The number of carbonyl (C=O) groups excluding carboxylic acids is 2. The molecule has 2 aromatic rings. The van der Waals surface area contributed by atoms with Crippen LogP contribution in [0.4, 0.5) is 11.4 Å². The number of nitro benzene ring substituents is 1. The Kier molecular flexibility index (Phi) is 7.21. The van der Waals surface area contributed by atoms with Crippen LogP contribution in [0.15, 0.2) is 53.4 Å². The van der Waals surface area contributed by atoms with Crippen LogP contribution >= 0.6 is 0 Å². The second kappa shape index (κ2) is 9.88. The zero-order valence-corrected chi connectivity index (χ0v) is 18.2. The average molecular weight is 461 g/mol. The molecule has 11 heteroatoms. The molecular weight excluding hydrogens is 438 g/mol. The summed E-state index contributed by atoms with van der Waals surface area (Å²) in [6.07, 6.45) is 1.46. The Morgan fingerprint density at radius 3 is 2.38 bits per heavy atom. The van der Waals surface area contributed by atoms with Crippen LogP contribution in [-0.4, -0.2) is 48.7 Å². The molecule has 0 spiro atoms. The Morgan fingerprint density at radius 2 is 1.75 bits per heavy atom. The van der Waals surface area contributed by atoms with Crippen molar-refractivity contribution in [2.75, 3.05) is 18.4 Å². The van der Waals surface area contributed by atoms with Gasteiger partial charge in [0.1, 0.15) is 0 Å². The summed E-state index contributed by atoms with van der Waals surface area (Å²) in [4.78, 5) is 35.0. The number of benzene rings is 2. The van der Waals surface area contributed by atoms with Gasteiger partial charge < -0.3 is 10.1 Å². The highest BCUT2D eigenvalue weighted by molar-refractivity contribution is 7.89. The Balaban J connectivity index is 1.62. The summed E-state index contributed by atoms with van der Waals surface area (Å²) in [5.41, 5.74) is 0.101. The van der Waals surface area contributed by atoms with Crippen molar-refractivity contribution in [1.82, 2.24) is 4.31 Å². The molecule has 2 aromatic carbocycles. The number of esters is 1. The molecule has 1 N–H and O–H groups in total. The van der Waals surface area contributed by atoms with Crippen LogP contribution in [-0.2, 0) is 19.6 Å². The van der Waals surface area contributed by atoms with E-state index in [1.54, 1.807) is 0 Å². The fraction of sp³-hybridized carbons (Fsp3) is 0.333. The van der Waals surface area contributed by atoms with Crippen LogP contribution in [0.2, 0.25) is 0 Å². The third kappa shape index (κ3) is 5.48. The SMILES string of the molecule is C[C@H](OC(=O)c1ccc(S(=O)(=O)N2CCCCC2)cc1)C(=O)Nc1cccc([N+](=O)[O-])c1. The number of nitro groups is 1. The third-order valence-electron chi connectivity index (χ3n) is 5.02. The number of rotatable bonds is 7. The number of sulfonamides is 1. The normalized spacial score (nSPS) is 15.5. The summed E-state index contributed by atoms with van der Waals surface area (Å²) in [7, 11) is -3.62. The first-order chi connectivity index (χ1) is 15.2. The topological polar surface area (TPSA) is 136 Å². The first kappa shape index (κ1) is 23.4. The molecule has 1 amide bonds. The fourth-order valence-corrected chi connectivity index (χ4v) is 4.76. The van der Waals surface area contributed by atoms with Gasteiger partial charge in [-0.1, -0.05) is 12.5 Å². The molecule has 0 radical (unpaired) electrons. The van der Waals surface area contributed by atoms with Gasteiger partial charge in [-0.3, -0.25) is 14.9 Å². The lowest BCUT2D eigenvalue weighted by Gasteiger charge is -2.25. The van der Waals surface area contributed by atoms with E-state index >= 15 is 0 Å². The predicted octanol–water partition coefficient (Wildman–Crippen LogP) is 2.95. The number of nitrogens with one attached hydrogen (secondary N) is 1. The number of non-ortho nitro benzene ring substituents is 1. The number of hydrogen-bond donors (Lipinski definition) is 1. The monoisotopic (exact) mass is 461 g/mol. The second-order valence-corrected chi connectivity index (χ2v) is 9.27. The van der Waals surface area contributed by atoms with Crippen LogP contribution in [0.3, 0.4) is 0 Å². The molecule has 32 heavy (non-hydrogen) atoms. The number of hydrogen-bond acceptors (Lipinski definition) is 7. The summed E-state index contributed by atoms with van der Waals surface area (Å²) in [5, 5.41) is 13.3. The number of nitrogens with zero attached hydrogens (tertiary/aromatic N) is 2. The van der Waals surface area contributed by atoms with E-state index < -0.39 is 32.9 Å². The molecule has 0 aliphatic carbocycles. The van der Waals surface area contributed by atoms with Gasteiger partial charge in [-0.05, 0) is 50.1 Å². The van der Waals surface area contributed by atoms with Crippen molar-refractivity contribution in [3.05, 3.63) is 64.2 Å². The van der Waals surface area contributed by atoms with Gasteiger partial charge in [0.05, 0.1) is 15.4 Å². The maximum atomic E-state index is 12.7. The summed E-state index contributed by atoms with van der Waals surface area (Å²) in [5.74, 6) is -1.46. The Labute approximate surface area is 185 Å². The minimum absolute atomic E-state index is 0.0902. The minimum Gasteiger partial charge on any atom is -0.449 e. The molecular formula is C21H23N3O7S. The number of ether oxygens (including phenoxy) is 1. The van der Waals surface area contributed by atoms with Crippen molar-refractivity contribution in [2.45, 2.75) is 37.2 Å². The van der Waals surface area contributed by atoms with Crippen molar-refractivity contribution in [2.24, 2.45) is 0 Å². The summed E-state index contributed by atoms with van der Waals surface area (Å²) in [6, 6.07) is 10.7. The van der Waals surface area contributed by atoms with Gasteiger partial charge in [-0.15, -0.1) is 0 Å². The molecule has 0 saturated carbocycles. The van der Waals surface area contributed by atoms with E-state index in [4.69, 9.17) is 4.74 Å². The number of amides is 1. The summed E-state index contributed by atoms with van der Waals surface area (Å²) >= 11 is 0. The van der Waals surface area contributed by atoms with Gasteiger partial charge >= 0.3 is 5.97 Å². The predicted molar refractivity (Wildman–Crippen MR) is 116 cm³/mol. The first-order valence-corrected chi connectivity index (χ1v) is 11.5. The van der Waals surface area contributed by atoms with Crippen molar-refractivity contribution in [1.29, 1.82) is 0 Å². The Bertz CT molecular complexity index is 1110. The van der Waals surface area contributed by atoms with Crippen LogP contribution in [0, 0.1) is 10.1 Å². The van der Waals surface area contributed by atoms with Crippen LogP contribution in [0.25, 0.3) is 0 Å². The molecule has 1 aliphatic rings. The second-order valence-electron chi connectivity index (χ2n) is 7.33. The van der Waals surface area contributed by atoms with Crippen LogP contribution in [0.5, 0.6) is 0 Å². The molecule has 0 unspecified atom stereocenters. The zero-order valence-electron chi connectivity index (χ0n) is 17.4. The van der Waals surface area contributed by atoms with Crippen LogP contribution in [0.1, 0.15) is 36.5 Å². The summed E-state index contributed by atoms with van der Waals surface area (Å²) < 4.78 is 32.0. The maximum absolute atomic E-state index is 12.7. The fourth-order valence-electron chi connectivity index (χ4n) is 3.24. The van der Waals surface area contributed by atoms with Crippen LogP contribution < -0.4 is 5.32 Å². The average Bonchev–Trinajstić information content (AvgIpc) is 2.79. The van der Waals surface area contributed by atoms with Crippen molar-refractivity contribution in [3.8, 4) is 0 Å². The standard InChI is InChI=1S/C21H23N3O7S/c1-15(20(25)22-17-6-5-7-18(14-17)24(27)28)31-21(26)16-8-10-19(11-9-16)32(29,30)23-12-3-2-4-13-23/h5-11,14-15H,2-4,12-13H2,1H3,(H,22,25)/t15-/m0/s1. The van der Waals surface area contributed by atoms with E-state index in [1.807, 2.05) is 0 Å². The third-order valence-corrected chi connectivity index (χ3v) is 6.93. The lowest BCUT2D eigenvalue weighted by atomic mass is 10.2. The zero-order chi connectivity index (χ0) is 23.3. The summed E-state index contributed by atoms with van der Waals surface area (Å²) in [6.45, 7) is 2.31. The highest BCUT2D eigenvalue weighted by Crippen LogP contribution is 2.21. The van der Waals surface area contributed by atoms with Crippen molar-refractivity contribution < 1.29 is 27.7 Å². The Morgan fingerprint density at radius 1 is 1.09 bits per heavy atom. The van der Waals surface area contributed by atoms with Gasteiger partial charge in [0.25, 0.3) is 11.6 Å². The molecule has 3 rings (SSSR count). The highest BCUT2D eigenvalue weighted by Gasteiger charge is 2.26. The van der Waals surface area contributed by atoms with E-state index in [0.717, 1.165) is 19.3 Å². The first-order valence-electron chi connectivity index (χ1n) is 10.0. The number of carbonyl (C=O) groups is 2. The van der Waals surface area contributed by atoms with E-state index in [1.165, 1.54) is 59.8 Å². The lowest BCUT2D eigenvalue weighted by Crippen LogP contribution is -2.35. The van der Waals surface area contributed by atoms with E-state index in [9.17, 15) is 28.1 Å². The van der Waals surface area contributed by atoms with Gasteiger partial charge in [0.2, 0.25) is 10.0 Å². The van der Waals surface area contributed by atoms with Gasteiger partial charge in [0.15, 0.2) is 6.10 Å². The molecule has 1 saturated heterocycles. The Hall–Kier alpha value is -3.31. The van der Waals surface area contributed by atoms with E-state index in [-0.39, 0.29) is 21.8 Å². The van der Waals surface area contributed by atoms with Gasteiger partial charge in [0, 0.05) is 30.9 Å². The number of anilines is 1. The van der Waals surface area contributed by atoms with Crippen molar-refractivity contribution in [3.63, 3.8) is 0 Å². The number of piperidine rings is 1. The molecule has 1 atom stereocenters. The van der Waals surface area contributed by atoms with Gasteiger partial charge in [-0.2, -0.15) is 4.31 Å². The van der Waals surface area contributed by atoms with Gasteiger partial charge in [-0.25, -0.2) is 13.2 Å². The lowest BCUT2D eigenvalue weighted by molar-refractivity contribution is -0.384. The highest BCUT2D eigenvalue weighted by atomic mass is 32.2. The minimum atomic E-state index is -3.62. The molecule has 1 aliphatic heterocycles.